The summed E-state index contributed by atoms with van der Waals surface area (Å²) in [5.74, 6) is -1.64. The van der Waals surface area contributed by atoms with Gasteiger partial charge >= 0.3 is 0 Å². The normalized spacial score (nSPS) is 22.2. The molecule has 0 radical (unpaired) electrons. The number of rotatable bonds is 6. The molecule has 136 valence electrons. The summed E-state index contributed by atoms with van der Waals surface area (Å²) in [6, 6.07) is 3.09. The number of nitrogens with one attached hydrogen (secondary N) is 1. The SMILES string of the molecule is Cc1ccc(S(=O)(=O)N[C@H]2COC[C@H]2CS(=O)(=O)N(C)C)c(F)c1. The fourth-order valence-electron chi connectivity index (χ4n) is 2.40. The van der Waals surface area contributed by atoms with Crippen LogP contribution in [0.4, 0.5) is 4.39 Å². The maximum atomic E-state index is 13.9. The highest BCUT2D eigenvalue weighted by Crippen LogP contribution is 2.21. The topological polar surface area (TPSA) is 92.8 Å². The van der Waals surface area contributed by atoms with Crippen LogP contribution in [-0.4, -0.2) is 60.2 Å². The molecule has 0 aliphatic carbocycles. The number of nitrogens with zero attached hydrogens (tertiary/aromatic N) is 1. The highest BCUT2D eigenvalue weighted by molar-refractivity contribution is 7.89. The number of sulfonamides is 2. The van der Waals surface area contributed by atoms with Gasteiger partial charge in [0.25, 0.3) is 0 Å². The van der Waals surface area contributed by atoms with Crippen molar-refractivity contribution in [2.24, 2.45) is 5.92 Å². The lowest BCUT2D eigenvalue weighted by atomic mass is 10.1. The van der Waals surface area contributed by atoms with Crippen LogP contribution < -0.4 is 4.72 Å². The van der Waals surface area contributed by atoms with Crippen molar-refractivity contribution in [1.82, 2.24) is 9.03 Å². The van der Waals surface area contributed by atoms with Gasteiger partial charge in [-0.2, -0.15) is 0 Å². The van der Waals surface area contributed by atoms with E-state index in [-0.39, 0.29) is 19.0 Å². The monoisotopic (exact) mass is 380 g/mol. The van der Waals surface area contributed by atoms with Crippen molar-refractivity contribution in [1.29, 1.82) is 0 Å². The quantitative estimate of drug-likeness (QED) is 0.767. The molecule has 1 aliphatic rings. The van der Waals surface area contributed by atoms with E-state index < -0.39 is 42.7 Å². The van der Waals surface area contributed by atoms with E-state index in [4.69, 9.17) is 4.74 Å². The molecule has 10 heteroatoms. The Balaban J connectivity index is 2.19. The van der Waals surface area contributed by atoms with Gasteiger partial charge in [0.1, 0.15) is 10.7 Å². The lowest BCUT2D eigenvalue weighted by Crippen LogP contribution is -2.43. The van der Waals surface area contributed by atoms with Crippen molar-refractivity contribution in [2.45, 2.75) is 17.9 Å². The third-order valence-electron chi connectivity index (χ3n) is 3.86. The van der Waals surface area contributed by atoms with Crippen LogP contribution in [0.25, 0.3) is 0 Å². The van der Waals surface area contributed by atoms with E-state index in [1.165, 1.54) is 26.2 Å². The molecule has 0 unspecified atom stereocenters. The van der Waals surface area contributed by atoms with Crippen LogP contribution in [0.2, 0.25) is 0 Å². The average molecular weight is 380 g/mol. The first-order chi connectivity index (χ1) is 11.0. The zero-order valence-electron chi connectivity index (χ0n) is 13.7. The number of aryl methyl sites for hydroxylation is 1. The molecule has 1 fully saturated rings. The number of halogens is 1. The number of hydrogen-bond donors (Lipinski definition) is 1. The van der Waals surface area contributed by atoms with Crippen LogP contribution in [-0.2, 0) is 24.8 Å². The molecule has 1 aromatic rings. The minimum atomic E-state index is -4.11. The molecule has 7 nitrogen and oxygen atoms in total. The van der Waals surface area contributed by atoms with Gasteiger partial charge in [-0.3, -0.25) is 0 Å². The largest absolute Gasteiger partial charge is 0.379 e. The minimum absolute atomic E-state index is 0.0420. The molecule has 0 amide bonds. The maximum Gasteiger partial charge on any atom is 0.243 e. The van der Waals surface area contributed by atoms with E-state index in [1.54, 1.807) is 6.92 Å². The van der Waals surface area contributed by atoms with Crippen molar-refractivity contribution in [2.75, 3.05) is 33.1 Å². The van der Waals surface area contributed by atoms with E-state index in [0.29, 0.717) is 5.56 Å². The molecule has 0 saturated carbocycles. The van der Waals surface area contributed by atoms with Gasteiger partial charge in [0, 0.05) is 20.0 Å². The molecule has 1 saturated heterocycles. The Morgan fingerprint density at radius 2 is 1.92 bits per heavy atom. The molecule has 2 atom stereocenters. The van der Waals surface area contributed by atoms with E-state index in [0.717, 1.165) is 10.4 Å². The molecule has 2 rings (SSSR count). The lowest BCUT2D eigenvalue weighted by Gasteiger charge is -2.21. The molecule has 0 bridgehead atoms. The van der Waals surface area contributed by atoms with Gasteiger partial charge in [0.05, 0.1) is 25.0 Å². The van der Waals surface area contributed by atoms with Gasteiger partial charge in [0.15, 0.2) is 0 Å². The summed E-state index contributed by atoms with van der Waals surface area (Å²) in [5, 5.41) is 0. The lowest BCUT2D eigenvalue weighted by molar-refractivity contribution is 0.185. The summed E-state index contributed by atoms with van der Waals surface area (Å²) >= 11 is 0. The first-order valence-electron chi connectivity index (χ1n) is 7.29. The fraction of sp³-hybridized carbons (Fsp3) is 0.571. The maximum absolute atomic E-state index is 13.9. The second-order valence-corrected chi connectivity index (χ2v) is 9.93. The second kappa shape index (κ2) is 7.04. The Morgan fingerprint density at radius 3 is 2.50 bits per heavy atom. The molecule has 1 heterocycles. The third kappa shape index (κ3) is 4.31. The van der Waals surface area contributed by atoms with Gasteiger partial charge < -0.3 is 4.74 Å². The van der Waals surface area contributed by atoms with Gasteiger partial charge in [-0.25, -0.2) is 30.3 Å². The van der Waals surface area contributed by atoms with Gasteiger partial charge in [-0.1, -0.05) is 6.07 Å². The molecule has 1 N–H and O–H groups in total. The fourth-order valence-corrected chi connectivity index (χ4v) is 4.92. The summed E-state index contributed by atoms with van der Waals surface area (Å²) in [6.45, 7) is 1.82. The van der Waals surface area contributed by atoms with Crippen molar-refractivity contribution in [3.05, 3.63) is 29.6 Å². The predicted octanol–water partition coefficient (Wildman–Crippen LogP) is 0.319. The number of hydrogen-bond acceptors (Lipinski definition) is 5. The van der Waals surface area contributed by atoms with Gasteiger partial charge in [-0.05, 0) is 24.6 Å². The van der Waals surface area contributed by atoms with Crippen LogP contribution in [0.15, 0.2) is 23.1 Å². The van der Waals surface area contributed by atoms with Crippen molar-refractivity contribution >= 4 is 20.0 Å². The van der Waals surface area contributed by atoms with E-state index >= 15 is 0 Å². The standard InChI is InChI=1S/C14H21FN2O5S2/c1-10-4-5-14(12(15)6-10)24(20,21)16-13-8-22-7-11(13)9-23(18,19)17(2)3/h4-6,11,13,16H,7-9H2,1-3H3/t11-,13-/m0/s1. The summed E-state index contributed by atoms with van der Waals surface area (Å²) < 4.78 is 71.4. The van der Waals surface area contributed by atoms with Crippen molar-refractivity contribution < 1.29 is 26.0 Å². The minimum Gasteiger partial charge on any atom is -0.379 e. The third-order valence-corrected chi connectivity index (χ3v) is 7.35. The first kappa shape index (κ1) is 19.3. The van der Waals surface area contributed by atoms with E-state index in [1.807, 2.05) is 0 Å². The van der Waals surface area contributed by atoms with E-state index in [9.17, 15) is 21.2 Å². The summed E-state index contributed by atoms with van der Waals surface area (Å²) in [4.78, 5) is -0.464. The molecular weight excluding hydrogens is 359 g/mol. The number of ether oxygens (including phenoxy) is 1. The highest BCUT2D eigenvalue weighted by Gasteiger charge is 2.36. The van der Waals surface area contributed by atoms with Crippen LogP contribution in [0.3, 0.4) is 0 Å². The Bertz CT molecular complexity index is 808. The van der Waals surface area contributed by atoms with Crippen LogP contribution in [0.5, 0.6) is 0 Å². The van der Waals surface area contributed by atoms with E-state index in [2.05, 4.69) is 4.72 Å². The highest BCUT2D eigenvalue weighted by atomic mass is 32.2. The summed E-state index contributed by atoms with van der Waals surface area (Å²) in [6.07, 6.45) is 0. The average Bonchev–Trinajstić information content (AvgIpc) is 2.83. The van der Waals surface area contributed by atoms with Crippen LogP contribution in [0, 0.1) is 18.7 Å². The number of benzene rings is 1. The second-order valence-electron chi connectivity index (χ2n) is 6.02. The van der Waals surface area contributed by atoms with Crippen LogP contribution >= 0.6 is 0 Å². The summed E-state index contributed by atoms with van der Waals surface area (Å²) in [5.41, 5.74) is 0.602. The molecule has 24 heavy (non-hydrogen) atoms. The zero-order valence-corrected chi connectivity index (χ0v) is 15.3. The molecule has 0 aromatic heterocycles. The Kier molecular flexibility index (Phi) is 5.65. The summed E-state index contributed by atoms with van der Waals surface area (Å²) in [7, 11) is -4.80. The Morgan fingerprint density at radius 1 is 1.25 bits per heavy atom. The molecule has 1 aliphatic heterocycles. The predicted molar refractivity (Wildman–Crippen MR) is 87.0 cm³/mol. The first-order valence-corrected chi connectivity index (χ1v) is 10.4. The van der Waals surface area contributed by atoms with Crippen molar-refractivity contribution in [3.8, 4) is 0 Å². The van der Waals surface area contributed by atoms with Crippen molar-refractivity contribution in [3.63, 3.8) is 0 Å². The molecule has 0 spiro atoms. The zero-order chi connectivity index (χ0) is 18.1. The Hall–Kier alpha value is -1.07. The Labute approximate surface area is 141 Å². The van der Waals surface area contributed by atoms with Gasteiger partial charge in [-0.15, -0.1) is 0 Å². The van der Waals surface area contributed by atoms with Gasteiger partial charge in [0.2, 0.25) is 20.0 Å². The molecular formula is C14H21FN2O5S2. The molecule has 1 aromatic carbocycles. The van der Waals surface area contributed by atoms with Crippen LogP contribution in [0.1, 0.15) is 5.56 Å². The smallest absolute Gasteiger partial charge is 0.243 e.